The van der Waals surface area contributed by atoms with Crippen LogP contribution in [0.15, 0.2) is 47.0 Å². The minimum absolute atomic E-state index is 0.0241. The molecule has 0 aliphatic rings. The molecule has 146 valence electrons. The third kappa shape index (κ3) is 3.27. The molecule has 0 unspecified atom stereocenters. The van der Waals surface area contributed by atoms with Gasteiger partial charge in [0.05, 0.1) is 17.7 Å². The molecule has 0 atom stereocenters. The average Bonchev–Trinajstić information content (AvgIpc) is 3.07. The van der Waals surface area contributed by atoms with E-state index in [0.717, 1.165) is 21.9 Å². The number of aryl methyl sites for hydroxylation is 2. The van der Waals surface area contributed by atoms with Crippen LogP contribution in [-0.2, 0) is 13.4 Å². The van der Waals surface area contributed by atoms with Crippen molar-refractivity contribution >= 4 is 27.6 Å². The van der Waals surface area contributed by atoms with Crippen LogP contribution in [0.1, 0.15) is 34.6 Å². The maximum atomic E-state index is 15.3. The summed E-state index contributed by atoms with van der Waals surface area (Å²) in [5.74, 6) is -0.595. The van der Waals surface area contributed by atoms with Crippen LogP contribution in [0.4, 0.5) is 10.1 Å². The lowest BCUT2D eigenvalue weighted by Gasteiger charge is -2.18. The first-order valence-corrected chi connectivity index (χ1v) is 9.49. The molecule has 0 amide bonds. The molecule has 29 heavy (non-hydrogen) atoms. The van der Waals surface area contributed by atoms with E-state index in [9.17, 15) is 0 Å². The number of benzene rings is 2. The predicted molar refractivity (Wildman–Crippen MR) is 114 cm³/mol. The Hall–Kier alpha value is -3.19. The molecule has 2 heterocycles. The summed E-state index contributed by atoms with van der Waals surface area (Å²) in [6.45, 7) is 14.6. The quantitative estimate of drug-likeness (QED) is 0.277. The van der Waals surface area contributed by atoms with Gasteiger partial charge < -0.3 is 4.42 Å². The van der Waals surface area contributed by atoms with Crippen molar-refractivity contribution in [3.8, 4) is 11.3 Å². The molecule has 0 N–H and O–H groups in total. The number of rotatable bonds is 2. The van der Waals surface area contributed by atoms with Gasteiger partial charge >= 0.3 is 0 Å². The molecule has 0 saturated carbocycles. The van der Waals surface area contributed by atoms with Crippen LogP contribution in [0.5, 0.6) is 0 Å². The molecule has 4 rings (SSSR count). The molecule has 0 spiro atoms. The molecule has 0 bridgehead atoms. The first-order chi connectivity index (χ1) is 14.5. The fourth-order valence-corrected chi connectivity index (χ4v) is 3.72. The zero-order valence-electron chi connectivity index (χ0n) is 19.2. The molecule has 4 heteroatoms. The van der Waals surface area contributed by atoms with Gasteiger partial charge in [-0.15, -0.1) is 0 Å². The Morgan fingerprint density at radius 2 is 1.90 bits per heavy atom. The minimum atomic E-state index is -1.85. The van der Waals surface area contributed by atoms with Gasteiger partial charge in [-0.05, 0) is 24.3 Å². The molecule has 2 aromatic heterocycles. The van der Waals surface area contributed by atoms with Gasteiger partial charge in [0.25, 0.3) is 0 Å². The second kappa shape index (κ2) is 6.70. The van der Waals surface area contributed by atoms with Crippen molar-refractivity contribution in [3.05, 3.63) is 71.0 Å². The smallest absolute Gasteiger partial charge is 0.229 e. The van der Waals surface area contributed by atoms with Crippen molar-refractivity contribution in [2.45, 2.75) is 34.1 Å². The van der Waals surface area contributed by atoms with E-state index in [1.54, 1.807) is 38.5 Å². The maximum absolute atomic E-state index is 15.3. The number of para-hydroxylation sites is 1. The normalized spacial score (nSPS) is 13.4. The average molecular weight is 389 g/mol. The van der Waals surface area contributed by atoms with Gasteiger partial charge in [0.1, 0.15) is 24.0 Å². The highest BCUT2D eigenvalue weighted by Gasteiger charge is 2.25. The summed E-state index contributed by atoms with van der Waals surface area (Å²) in [5.41, 5.74) is 3.00. The standard InChI is InChI=1S/C25H24FN2O/c1-15-10-11-18-17-8-7-9-20(27-5)23(17)29-24(18)22(15)21-12-19(26)16(14-28(21)6)13-25(2,3)4/h7-12,14H,13H2,1-4,6H3/q+1/i13D2. The Kier molecular flexibility index (Phi) is 3.87. The van der Waals surface area contributed by atoms with E-state index in [1.807, 2.05) is 31.2 Å². The monoisotopic (exact) mass is 389 g/mol. The first-order valence-electron chi connectivity index (χ1n) is 10.5. The topological polar surface area (TPSA) is 21.4 Å². The second-order valence-electron chi connectivity index (χ2n) is 8.41. The Morgan fingerprint density at radius 1 is 1.17 bits per heavy atom. The summed E-state index contributed by atoms with van der Waals surface area (Å²) in [4.78, 5) is 3.56. The van der Waals surface area contributed by atoms with Crippen molar-refractivity contribution in [3.63, 3.8) is 0 Å². The minimum Gasteiger partial charge on any atom is -0.466 e. The van der Waals surface area contributed by atoms with E-state index in [2.05, 4.69) is 4.85 Å². The van der Waals surface area contributed by atoms with Crippen LogP contribution in [0, 0.1) is 24.7 Å². The van der Waals surface area contributed by atoms with Crippen LogP contribution in [0.3, 0.4) is 0 Å². The van der Waals surface area contributed by atoms with E-state index >= 15 is 4.39 Å². The lowest BCUT2D eigenvalue weighted by molar-refractivity contribution is -0.661. The van der Waals surface area contributed by atoms with E-state index in [1.165, 1.54) is 12.3 Å². The molecular weight excluding hydrogens is 363 g/mol. The van der Waals surface area contributed by atoms with E-state index in [0.29, 0.717) is 22.5 Å². The van der Waals surface area contributed by atoms with Gasteiger partial charge in [-0.3, -0.25) is 0 Å². The number of hydrogen-bond donors (Lipinski definition) is 0. The van der Waals surface area contributed by atoms with Crippen LogP contribution in [-0.4, -0.2) is 0 Å². The van der Waals surface area contributed by atoms with Crippen molar-refractivity contribution < 1.29 is 16.1 Å². The SMILES string of the molecule is [2H]C([2H])(c1c[n+](C)c(-c2c(C)ccc3c2oc2c([N+]#[C-])cccc23)cc1F)C(C)(C)C. The molecule has 0 saturated heterocycles. The summed E-state index contributed by atoms with van der Waals surface area (Å²) >= 11 is 0. The highest BCUT2D eigenvalue weighted by Crippen LogP contribution is 2.40. The van der Waals surface area contributed by atoms with E-state index < -0.39 is 17.6 Å². The lowest BCUT2D eigenvalue weighted by atomic mass is 9.88. The maximum Gasteiger partial charge on any atom is 0.229 e. The molecule has 0 aliphatic carbocycles. The highest BCUT2D eigenvalue weighted by atomic mass is 19.1. The van der Waals surface area contributed by atoms with Crippen molar-refractivity contribution in [1.82, 2.24) is 0 Å². The van der Waals surface area contributed by atoms with Crippen molar-refractivity contribution in [2.24, 2.45) is 12.5 Å². The third-order valence-electron chi connectivity index (χ3n) is 4.96. The van der Waals surface area contributed by atoms with E-state index in [-0.39, 0.29) is 5.56 Å². The van der Waals surface area contributed by atoms with Crippen LogP contribution in [0.2, 0.25) is 0 Å². The van der Waals surface area contributed by atoms with Gasteiger partial charge in [0.2, 0.25) is 11.4 Å². The number of pyridine rings is 1. The number of nitrogens with zero attached hydrogens (tertiary/aromatic N) is 2. The largest absolute Gasteiger partial charge is 0.466 e. The number of aromatic nitrogens is 1. The Balaban J connectivity index is 2.03. The van der Waals surface area contributed by atoms with Crippen LogP contribution in [0.25, 0.3) is 38.0 Å². The highest BCUT2D eigenvalue weighted by molar-refractivity contribution is 6.12. The molecule has 3 nitrogen and oxygen atoms in total. The van der Waals surface area contributed by atoms with Crippen molar-refractivity contribution in [2.75, 3.05) is 0 Å². The lowest BCUT2D eigenvalue weighted by Crippen LogP contribution is -2.33. The van der Waals surface area contributed by atoms with Crippen LogP contribution >= 0.6 is 0 Å². The van der Waals surface area contributed by atoms with Crippen molar-refractivity contribution in [1.29, 1.82) is 0 Å². The van der Waals surface area contributed by atoms with Gasteiger partial charge in [0, 0.05) is 19.6 Å². The van der Waals surface area contributed by atoms with Gasteiger partial charge in [-0.1, -0.05) is 51.1 Å². The number of fused-ring (bicyclic) bond motifs is 3. The summed E-state index contributed by atoms with van der Waals surface area (Å²) in [6.07, 6.45) is -0.320. The second-order valence-corrected chi connectivity index (χ2v) is 8.41. The molecule has 2 aromatic carbocycles. The zero-order chi connectivity index (χ0) is 22.7. The number of furan rings is 1. The van der Waals surface area contributed by atoms with Gasteiger partial charge in [-0.2, -0.15) is 0 Å². The Bertz CT molecular complexity index is 1390. The third-order valence-corrected chi connectivity index (χ3v) is 4.96. The number of halogens is 1. The molecule has 0 fully saturated rings. The summed E-state index contributed by atoms with van der Waals surface area (Å²) in [5, 5.41) is 1.70. The molecular formula is C25H24FN2O+. The molecule has 4 aromatic rings. The van der Waals surface area contributed by atoms with Gasteiger partial charge in [0.15, 0.2) is 6.20 Å². The molecule has 0 aliphatic heterocycles. The summed E-state index contributed by atoms with van der Waals surface area (Å²) in [7, 11) is 1.78. The fraction of sp³-hybridized carbons (Fsp3) is 0.280. The predicted octanol–water partition coefficient (Wildman–Crippen LogP) is 6.66. The van der Waals surface area contributed by atoms with E-state index in [4.69, 9.17) is 13.7 Å². The summed E-state index contributed by atoms with van der Waals surface area (Å²) < 4.78 is 40.2. The van der Waals surface area contributed by atoms with Crippen LogP contribution < -0.4 is 4.57 Å². The fourth-order valence-electron chi connectivity index (χ4n) is 3.72. The number of hydrogen-bond acceptors (Lipinski definition) is 1. The first kappa shape index (κ1) is 16.7. The van der Waals surface area contributed by atoms with Gasteiger partial charge in [-0.25, -0.2) is 13.8 Å². The Labute approximate surface area is 173 Å². The zero-order valence-corrected chi connectivity index (χ0v) is 17.2. The Morgan fingerprint density at radius 3 is 2.59 bits per heavy atom. The molecule has 0 radical (unpaired) electrons. The summed E-state index contributed by atoms with van der Waals surface area (Å²) in [6, 6.07) is 10.7.